The van der Waals surface area contributed by atoms with Crippen LogP contribution in [0.5, 0.6) is 5.75 Å². The van der Waals surface area contributed by atoms with Crippen molar-refractivity contribution in [2.75, 3.05) is 4.90 Å². The standard InChI is InChI=1S/C35H45N5O4Si2/c1-21(35(7,8)33(43-45-9)44-46-10)31(34(4,5)6)41-26-15-11-13-24(17-26)32-37-27(30-22(2)39-42-23(30)3)18-29(38-32)40-19-25-14-12-16-36-28(25)20-40/h11-18,21,31,33H,19-20H2,1-10H3. The Morgan fingerprint density at radius 2 is 1.67 bits per heavy atom. The van der Waals surface area contributed by atoms with E-state index in [4.69, 9.17) is 28.1 Å². The average Bonchev–Trinajstić information content (AvgIpc) is 3.61. The Kier molecular flexibility index (Phi) is 10.2. The summed E-state index contributed by atoms with van der Waals surface area (Å²) in [6, 6.07) is 14.2. The summed E-state index contributed by atoms with van der Waals surface area (Å²) in [7, 11) is 0.676. The van der Waals surface area contributed by atoms with Crippen LogP contribution in [0.1, 0.15) is 64.3 Å². The maximum Gasteiger partial charge on any atom is 0.229 e. The number of aryl methyl sites for hydroxylation is 2. The van der Waals surface area contributed by atoms with Gasteiger partial charge in [0.1, 0.15) is 29.7 Å². The second-order valence-electron chi connectivity index (χ2n) is 13.6. The number of hydrogen-bond donors (Lipinski definition) is 0. The Morgan fingerprint density at radius 1 is 0.935 bits per heavy atom. The molecule has 2 atom stereocenters. The summed E-state index contributed by atoms with van der Waals surface area (Å²) in [6.07, 6.45) is 1.39. The number of anilines is 1. The zero-order valence-corrected chi connectivity index (χ0v) is 30.6. The molecule has 5 rings (SSSR count). The predicted octanol–water partition coefficient (Wildman–Crippen LogP) is 7.48. The van der Waals surface area contributed by atoms with E-state index in [1.54, 1.807) is 0 Å². The third-order valence-electron chi connectivity index (χ3n) is 8.91. The highest BCUT2D eigenvalue weighted by Gasteiger charge is 2.45. The fourth-order valence-corrected chi connectivity index (χ4v) is 7.32. The van der Waals surface area contributed by atoms with Crippen LogP contribution in [0.15, 0.2) is 53.2 Å². The fraction of sp³-hybridized carbons (Fsp3) is 0.486. The van der Waals surface area contributed by atoms with Gasteiger partial charge in [0.15, 0.2) is 5.82 Å². The Balaban J connectivity index is 1.51. The monoisotopic (exact) mass is 655 g/mol. The van der Waals surface area contributed by atoms with E-state index in [0.29, 0.717) is 31.9 Å². The first-order chi connectivity index (χ1) is 21.8. The van der Waals surface area contributed by atoms with Crippen molar-refractivity contribution < 1.29 is 18.1 Å². The molecule has 0 fully saturated rings. The van der Waals surface area contributed by atoms with E-state index in [0.717, 1.165) is 52.1 Å². The van der Waals surface area contributed by atoms with Crippen LogP contribution in [-0.4, -0.2) is 52.0 Å². The van der Waals surface area contributed by atoms with Crippen LogP contribution in [0, 0.1) is 30.6 Å². The number of pyridine rings is 1. The number of fused-ring (bicyclic) bond motifs is 1. The molecule has 0 aliphatic carbocycles. The van der Waals surface area contributed by atoms with Crippen molar-refractivity contribution in [3.8, 4) is 28.4 Å². The van der Waals surface area contributed by atoms with E-state index in [9.17, 15) is 0 Å². The second-order valence-corrected chi connectivity index (χ2v) is 14.9. The molecule has 3 aromatic heterocycles. The molecule has 1 aromatic carbocycles. The highest BCUT2D eigenvalue weighted by Crippen LogP contribution is 2.43. The summed E-state index contributed by atoms with van der Waals surface area (Å²) in [4.78, 5) is 17.0. The van der Waals surface area contributed by atoms with E-state index in [1.165, 1.54) is 5.56 Å². The summed E-state index contributed by atoms with van der Waals surface area (Å²) in [5.41, 5.74) is 5.13. The van der Waals surface area contributed by atoms with Crippen molar-refractivity contribution in [3.63, 3.8) is 0 Å². The van der Waals surface area contributed by atoms with Gasteiger partial charge in [-0.1, -0.05) is 64.9 Å². The van der Waals surface area contributed by atoms with Crippen molar-refractivity contribution in [3.05, 3.63) is 71.4 Å². The maximum absolute atomic E-state index is 6.90. The second kappa shape index (κ2) is 13.8. The number of aromatic nitrogens is 4. The van der Waals surface area contributed by atoms with Crippen LogP contribution < -0.4 is 9.64 Å². The van der Waals surface area contributed by atoms with Gasteiger partial charge in [0.25, 0.3) is 0 Å². The lowest BCUT2D eigenvalue weighted by Gasteiger charge is -2.46. The van der Waals surface area contributed by atoms with Gasteiger partial charge in [-0.3, -0.25) is 4.98 Å². The van der Waals surface area contributed by atoms with Gasteiger partial charge >= 0.3 is 0 Å². The number of benzene rings is 1. The third kappa shape index (κ3) is 7.12. The number of hydrogen-bond acceptors (Lipinski definition) is 9. The van der Waals surface area contributed by atoms with Crippen LogP contribution in [0.25, 0.3) is 22.6 Å². The Hall–Kier alpha value is -3.39. The third-order valence-corrected chi connectivity index (χ3v) is 9.81. The molecule has 9 nitrogen and oxygen atoms in total. The minimum absolute atomic E-state index is 0.102. The number of nitrogens with zero attached hydrogens (tertiary/aromatic N) is 5. The molecule has 242 valence electrons. The van der Waals surface area contributed by atoms with E-state index in [-0.39, 0.29) is 29.1 Å². The summed E-state index contributed by atoms with van der Waals surface area (Å²) in [5, 5.41) is 4.20. The van der Waals surface area contributed by atoms with Gasteiger partial charge in [0, 0.05) is 35.7 Å². The molecular weight excluding hydrogens is 611 g/mol. The molecular formula is C35H45N5O4Si2. The van der Waals surface area contributed by atoms with E-state index < -0.39 is 0 Å². The molecule has 46 heavy (non-hydrogen) atoms. The molecule has 11 heteroatoms. The molecule has 0 bridgehead atoms. The summed E-state index contributed by atoms with van der Waals surface area (Å²) < 4.78 is 24.7. The van der Waals surface area contributed by atoms with E-state index in [2.05, 4.69) is 62.6 Å². The lowest BCUT2D eigenvalue weighted by atomic mass is 9.69. The van der Waals surface area contributed by atoms with E-state index in [1.807, 2.05) is 69.5 Å². The SMILES string of the molecule is C[Si]OC(O[Si]C)C(C)(C)C(C)C(Oc1cccc(-c2nc(-c3c(C)noc3C)cc(N3Cc4cccnc4C3)n2)c1)C(C)(C)C. The highest BCUT2D eigenvalue weighted by atomic mass is 28.2. The fourth-order valence-electron chi connectivity index (χ4n) is 6.09. The Labute approximate surface area is 278 Å². The average molecular weight is 656 g/mol. The summed E-state index contributed by atoms with van der Waals surface area (Å²) in [5.74, 6) is 3.02. The lowest BCUT2D eigenvalue weighted by molar-refractivity contribution is -0.132. The van der Waals surface area contributed by atoms with Gasteiger partial charge in [-0.05, 0) is 56.1 Å². The van der Waals surface area contributed by atoms with Crippen LogP contribution in [0.3, 0.4) is 0 Å². The number of ether oxygens (including phenoxy) is 1. The van der Waals surface area contributed by atoms with Gasteiger partial charge in [0.05, 0.1) is 29.2 Å². The van der Waals surface area contributed by atoms with Crippen molar-refractivity contribution >= 4 is 25.3 Å². The minimum Gasteiger partial charge on any atom is -0.490 e. The smallest absolute Gasteiger partial charge is 0.229 e. The first kappa shape index (κ1) is 34.0. The number of rotatable bonds is 12. The topological polar surface area (TPSA) is 95.6 Å². The quantitative estimate of drug-likeness (QED) is 0.114. The predicted molar refractivity (Wildman–Crippen MR) is 183 cm³/mol. The molecule has 0 N–H and O–H groups in total. The molecule has 1 aliphatic heterocycles. The molecule has 0 saturated carbocycles. The Morgan fingerprint density at radius 3 is 2.30 bits per heavy atom. The van der Waals surface area contributed by atoms with Crippen molar-refractivity contribution in [1.82, 2.24) is 20.1 Å². The highest BCUT2D eigenvalue weighted by molar-refractivity contribution is 6.26. The van der Waals surface area contributed by atoms with Gasteiger partial charge < -0.3 is 23.0 Å². The van der Waals surface area contributed by atoms with Gasteiger partial charge in [-0.25, -0.2) is 9.97 Å². The van der Waals surface area contributed by atoms with Gasteiger partial charge in [-0.15, -0.1) is 0 Å². The van der Waals surface area contributed by atoms with Crippen LogP contribution in [-0.2, 0) is 21.9 Å². The molecule has 2 unspecified atom stereocenters. The van der Waals surface area contributed by atoms with Crippen molar-refractivity contribution in [1.29, 1.82) is 0 Å². The molecule has 1 aliphatic rings. The van der Waals surface area contributed by atoms with Crippen LogP contribution >= 0.6 is 0 Å². The molecule has 0 spiro atoms. The molecule has 0 saturated heterocycles. The molecule has 4 heterocycles. The molecule has 4 aromatic rings. The van der Waals surface area contributed by atoms with Crippen LogP contribution in [0.2, 0.25) is 13.1 Å². The zero-order chi connectivity index (χ0) is 33.2. The van der Waals surface area contributed by atoms with Crippen molar-refractivity contribution in [2.24, 2.45) is 16.7 Å². The largest absolute Gasteiger partial charge is 0.490 e. The first-order valence-corrected chi connectivity index (χ1v) is 18.6. The normalized spacial score (nSPS) is 14.9. The lowest BCUT2D eigenvalue weighted by Crippen LogP contribution is -2.50. The zero-order valence-electron chi connectivity index (χ0n) is 28.6. The Bertz CT molecular complexity index is 1600. The van der Waals surface area contributed by atoms with E-state index >= 15 is 0 Å². The van der Waals surface area contributed by atoms with Gasteiger partial charge in [0.2, 0.25) is 19.5 Å². The minimum atomic E-state index is -0.320. The summed E-state index contributed by atoms with van der Waals surface area (Å²) >= 11 is 0. The molecule has 4 radical (unpaired) electrons. The maximum atomic E-state index is 6.90. The van der Waals surface area contributed by atoms with Crippen LogP contribution in [0.4, 0.5) is 5.82 Å². The summed E-state index contributed by atoms with van der Waals surface area (Å²) in [6.45, 7) is 22.7. The first-order valence-electron chi connectivity index (χ1n) is 15.7. The van der Waals surface area contributed by atoms with Crippen molar-refractivity contribution in [2.45, 2.75) is 94.0 Å². The van der Waals surface area contributed by atoms with Gasteiger partial charge in [-0.2, -0.15) is 0 Å². The molecule has 0 amide bonds.